The number of fused-ring (bicyclic) bond motifs is 5. The average Bonchev–Trinajstić information content (AvgIpc) is 2.62. The predicted octanol–water partition coefficient (Wildman–Crippen LogP) is 0.143. The van der Waals surface area contributed by atoms with Gasteiger partial charge >= 0.3 is 5.97 Å². The summed E-state index contributed by atoms with van der Waals surface area (Å²) in [7, 11) is 0. The van der Waals surface area contributed by atoms with E-state index in [4.69, 9.17) is 10.5 Å². The fourth-order valence-corrected chi connectivity index (χ4v) is 3.42. The molecule has 1 aliphatic heterocycles. The Kier molecular flexibility index (Phi) is 1.16. The molecule has 3 rings (SSSR count). The lowest BCUT2D eigenvalue weighted by Crippen LogP contribution is -2.36. The van der Waals surface area contributed by atoms with Gasteiger partial charge in [-0.1, -0.05) is 0 Å². The highest BCUT2D eigenvalue weighted by molar-refractivity contribution is 5.76. The van der Waals surface area contributed by atoms with Gasteiger partial charge in [-0.2, -0.15) is 0 Å². The van der Waals surface area contributed by atoms with Gasteiger partial charge in [-0.3, -0.25) is 4.79 Å². The SMILES string of the molecule is NC1CC2CC1C1COC(=O)C21. The third kappa shape index (κ3) is 0.637. The van der Waals surface area contributed by atoms with Crippen LogP contribution in [0.4, 0.5) is 0 Å². The minimum absolute atomic E-state index is 0.0411. The van der Waals surface area contributed by atoms with Crippen LogP contribution in [-0.4, -0.2) is 18.6 Å². The number of hydrogen-bond donors (Lipinski definition) is 1. The molecule has 0 aromatic rings. The molecule has 2 N–H and O–H groups in total. The summed E-state index contributed by atoms with van der Waals surface area (Å²) in [5.41, 5.74) is 5.95. The molecule has 2 aliphatic carbocycles. The van der Waals surface area contributed by atoms with Gasteiger partial charge in [0.2, 0.25) is 0 Å². The lowest BCUT2D eigenvalue weighted by Gasteiger charge is -2.25. The van der Waals surface area contributed by atoms with Gasteiger partial charge in [0.1, 0.15) is 0 Å². The van der Waals surface area contributed by atoms with Crippen molar-refractivity contribution in [1.82, 2.24) is 0 Å². The molecule has 0 radical (unpaired) electrons. The molecule has 2 bridgehead atoms. The largest absolute Gasteiger partial charge is 0.465 e. The van der Waals surface area contributed by atoms with Crippen LogP contribution in [0.1, 0.15) is 12.8 Å². The molecule has 66 valence electrons. The molecule has 2 saturated carbocycles. The van der Waals surface area contributed by atoms with E-state index in [2.05, 4.69) is 0 Å². The molecular formula is C9H13NO2. The van der Waals surface area contributed by atoms with E-state index < -0.39 is 0 Å². The Hall–Kier alpha value is -0.570. The highest BCUT2D eigenvalue weighted by Crippen LogP contribution is 2.54. The Morgan fingerprint density at radius 1 is 1.33 bits per heavy atom. The first-order valence-electron chi connectivity index (χ1n) is 4.69. The summed E-state index contributed by atoms with van der Waals surface area (Å²) in [6, 6.07) is 0.339. The van der Waals surface area contributed by atoms with Crippen LogP contribution < -0.4 is 5.73 Å². The lowest BCUT2D eigenvalue weighted by atomic mass is 9.79. The number of esters is 1. The van der Waals surface area contributed by atoms with E-state index in [-0.39, 0.29) is 11.9 Å². The Labute approximate surface area is 71.3 Å². The third-order valence-electron chi connectivity index (χ3n) is 3.91. The van der Waals surface area contributed by atoms with Crippen molar-refractivity contribution in [2.24, 2.45) is 29.4 Å². The molecule has 5 unspecified atom stereocenters. The van der Waals surface area contributed by atoms with Crippen molar-refractivity contribution < 1.29 is 9.53 Å². The third-order valence-corrected chi connectivity index (χ3v) is 3.91. The first-order chi connectivity index (χ1) is 5.77. The standard InChI is InChI=1S/C9H13NO2/c10-7-2-4-1-5(7)6-3-12-9(11)8(4)6/h4-8H,1-3,10H2. The summed E-state index contributed by atoms with van der Waals surface area (Å²) in [4.78, 5) is 11.3. The zero-order valence-electron chi connectivity index (χ0n) is 6.90. The van der Waals surface area contributed by atoms with Crippen LogP contribution in [0.15, 0.2) is 0 Å². The summed E-state index contributed by atoms with van der Waals surface area (Å²) in [5, 5.41) is 0. The molecule has 12 heavy (non-hydrogen) atoms. The number of hydrogen-bond acceptors (Lipinski definition) is 3. The molecule has 0 aromatic heterocycles. The molecule has 3 nitrogen and oxygen atoms in total. The van der Waals surface area contributed by atoms with Crippen LogP contribution in [0.2, 0.25) is 0 Å². The minimum Gasteiger partial charge on any atom is -0.465 e. The summed E-state index contributed by atoms with van der Waals surface area (Å²) in [6.45, 7) is 0.637. The van der Waals surface area contributed by atoms with Crippen LogP contribution >= 0.6 is 0 Å². The number of cyclic esters (lactones) is 1. The first kappa shape index (κ1) is 6.89. The number of carbonyl (C=O) groups excluding carboxylic acids is 1. The van der Waals surface area contributed by atoms with Crippen molar-refractivity contribution in [2.45, 2.75) is 18.9 Å². The van der Waals surface area contributed by atoms with Gasteiger partial charge in [0, 0.05) is 12.0 Å². The summed E-state index contributed by atoms with van der Waals surface area (Å²) < 4.78 is 5.05. The fourth-order valence-electron chi connectivity index (χ4n) is 3.42. The Morgan fingerprint density at radius 3 is 3.00 bits per heavy atom. The van der Waals surface area contributed by atoms with E-state index in [1.807, 2.05) is 0 Å². The molecule has 0 aromatic carbocycles. The van der Waals surface area contributed by atoms with Crippen molar-refractivity contribution in [1.29, 1.82) is 0 Å². The van der Waals surface area contributed by atoms with Crippen molar-refractivity contribution in [3.05, 3.63) is 0 Å². The second-order valence-corrected chi connectivity index (χ2v) is 4.38. The van der Waals surface area contributed by atoms with Crippen LogP contribution in [0.3, 0.4) is 0 Å². The molecule has 0 amide bonds. The highest BCUT2D eigenvalue weighted by Gasteiger charge is 2.57. The zero-order chi connectivity index (χ0) is 8.29. The monoisotopic (exact) mass is 167 g/mol. The van der Waals surface area contributed by atoms with Gasteiger partial charge in [-0.05, 0) is 24.7 Å². The molecular weight excluding hydrogens is 154 g/mol. The molecule has 1 saturated heterocycles. The smallest absolute Gasteiger partial charge is 0.309 e. The second kappa shape index (κ2) is 2.02. The topological polar surface area (TPSA) is 52.3 Å². The van der Waals surface area contributed by atoms with Gasteiger partial charge in [0.15, 0.2) is 0 Å². The van der Waals surface area contributed by atoms with Gasteiger partial charge in [0.05, 0.1) is 12.5 Å². The summed E-state index contributed by atoms with van der Waals surface area (Å²) in [5.74, 6) is 1.84. The predicted molar refractivity (Wildman–Crippen MR) is 42.1 cm³/mol. The van der Waals surface area contributed by atoms with Gasteiger partial charge in [0.25, 0.3) is 0 Å². The molecule has 0 spiro atoms. The summed E-state index contributed by atoms with van der Waals surface area (Å²) in [6.07, 6.45) is 2.21. The van der Waals surface area contributed by atoms with E-state index in [1.165, 1.54) is 6.42 Å². The van der Waals surface area contributed by atoms with Crippen molar-refractivity contribution in [2.75, 3.05) is 6.61 Å². The number of ether oxygens (including phenoxy) is 1. The average molecular weight is 167 g/mol. The van der Waals surface area contributed by atoms with E-state index >= 15 is 0 Å². The molecule has 3 aliphatic rings. The van der Waals surface area contributed by atoms with Crippen LogP contribution in [0, 0.1) is 23.7 Å². The molecule has 5 atom stereocenters. The maximum Gasteiger partial charge on any atom is 0.309 e. The minimum atomic E-state index is 0.0411. The molecule has 3 fully saturated rings. The summed E-state index contributed by atoms with van der Waals surface area (Å²) >= 11 is 0. The van der Waals surface area contributed by atoms with E-state index in [0.29, 0.717) is 30.4 Å². The Bertz CT molecular complexity index is 241. The van der Waals surface area contributed by atoms with Crippen LogP contribution in [0.5, 0.6) is 0 Å². The molecule has 1 heterocycles. The first-order valence-corrected chi connectivity index (χ1v) is 4.69. The number of carbonyl (C=O) groups is 1. The van der Waals surface area contributed by atoms with Crippen LogP contribution in [-0.2, 0) is 9.53 Å². The van der Waals surface area contributed by atoms with E-state index in [1.54, 1.807) is 0 Å². The van der Waals surface area contributed by atoms with Crippen LogP contribution in [0.25, 0.3) is 0 Å². The van der Waals surface area contributed by atoms with E-state index in [0.717, 1.165) is 6.42 Å². The fraction of sp³-hybridized carbons (Fsp3) is 0.889. The van der Waals surface area contributed by atoms with Crippen molar-refractivity contribution in [3.63, 3.8) is 0 Å². The maximum atomic E-state index is 11.3. The van der Waals surface area contributed by atoms with Gasteiger partial charge in [-0.15, -0.1) is 0 Å². The Balaban J connectivity index is 1.94. The number of nitrogens with two attached hydrogens (primary N) is 1. The normalized spacial score (nSPS) is 55.8. The van der Waals surface area contributed by atoms with Gasteiger partial charge in [-0.25, -0.2) is 0 Å². The van der Waals surface area contributed by atoms with Crippen molar-refractivity contribution >= 4 is 5.97 Å². The van der Waals surface area contributed by atoms with E-state index in [9.17, 15) is 4.79 Å². The van der Waals surface area contributed by atoms with Gasteiger partial charge < -0.3 is 10.5 Å². The maximum absolute atomic E-state index is 11.3. The number of rotatable bonds is 0. The van der Waals surface area contributed by atoms with Crippen molar-refractivity contribution in [3.8, 4) is 0 Å². The quantitative estimate of drug-likeness (QED) is 0.522. The lowest BCUT2D eigenvalue weighted by molar-refractivity contribution is -0.142. The zero-order valence-corrected chi connectivity index (χ0v) is 6.90. The highest BCUT2D eigenvalue weighted by atomic mass is 16.5. The second-order valence-electron chi connectivity index (χ2n) is 4.38. The Morgan fingerprint density at radius 2 is 2.17 bits per heavy atom. The molecule has 3 heteroatoms.